The molecule has 0 aliphatic heterocycles. The van der Waals surface area contributed by atoms with Crippen LogP contribution in [0, 0.1) is 0 Å². The number of hydrogen-bond donors (Lipinski definition) is 1. The van der Waals surface area contributed by atoms with Gasteiger partial charge in [-0.3, -0.25) is 9.59 Å². The number of hydrogen-bond acceptors (Lipinski definition) is 3. The van der Waals surface area contributed by atoms with Gasteiger partial charge in [-0.25, -0.2) is 4.79 Å². The molecule has 0 heterocycles. The summed E-state index contributed by atoms with van der Waals surface area (Å²) in [5.74, 6) is -2.09. The van der Waals surface area contributed by atoms with Gasteiger partial charge in [-0.05, 0) is 30.3 Å². The molecule has 0 unspecified atom stereocenters. The largest absolute Gasteiger partial charge is 0.478 e. The smallest absolute Gasteiger partial charge is 0.336 e. The lowest BCUT2D eigenvalue weighted by Gasteiger charge is -2.05. The first-order valence-corrected chi connectivity index (χ1v) is 6.51. The minimum atomic E-state index is -1.20. The van der Waals surface area contributed by atoms with Crippen LogP contribution >= 0.6 is 11.6 Å². The van der Waals surface area contributed by atoms with E-state index in [4.69, 9.17) is 16.7 Å². The van der Waals surface area contributed by atoms with Gasteiger partial charge in [-0.2, -0.15) is 0 Å². The fourth-order valence-corrected chi connectivity index (χ4v) is 2.02. The number of rotatable bonds is 5. The van der Waals surface area contributed by atoms with Crippen molar-refractivity contribution in [2.45, 2.75) is 6.42 Å². The predicted octanol–water partition coefficient (Wildman–Crippen LogP) is 3.49. The van der Waals surface area contributed by atoms with Crippen LogP contribution in [0.5, 0.6) is 0 Å². The van der Waals surface area contributed by atoms with Gasteiger partial charge in [0.2, 0.25) is 0 Å². The first kappa shape index (κ1) is 14.9. The Morgan fingerprint density at radius 3 is 2.00 bits per heavy atom. The molecule has 0 radical (unpaired) electrons. The van der Waals surface area contributed by atoms with Crippen LogP contribution in [-0.4, -0.2) is 22.6 Å². The Morgan fingerprint density at radius 2 is 1.43 bits per heavy atom. The molecule has 0 bridgehead atoms. The molecule has 0 fully saturated rings. The van der Waals surface area contributed by atoms with Crippen molar-refractivity contribution in [1.82, 2.24) is 0 Å². The summed E-state index contributed by atoms with van der Waals surface area (Å²) in [7, 11) is 0. The first-order chi connectivity index (χ1) is 9.99. The maximum atomic E-state index is 12.1. The summed E-state index contributed by atoms with van der Waals surface area (Å²) in [6, 6.07) is 12.0. The minimum Gasteiger partial charge on any atom is -0.478 e. The number of halogens is 1. The maximum Gasteiger partial charge on any atom is 0.336 e. The molecule has 0 atom stereocenters. The van der Waals surface area contributed by atoms with Gasteiger partial charge in [-0.15, -0.1) is 0 Å². The quantitative estimate of drug-likeness (QED) is 0.678. The van der Waals surface area contributed by atoms with Crippen LogP contribution < -0.4 is 0 Å². The molecule has 0 aliphatic carbocycles. The van der Waals surface area contributed by atoms with Crippen molar-refractivity contribution in [2.24, 2.45) is 0 Å². The molecule has 0 aromatic heterocycles. The monoisotopic (exact) mass is 302 g/mol. The number of carboxylic acids is 1. The number of ketones is 2. The summed E-state index contributed by atoms with van der Waals surface area (Å²) in [4.78, 5) is 35.2. The van der Waals surface area contributed by atoms with Gasteiger partial charge < -0.3 is 5.11 Å². The SMILES string of the molecule is O=C(CC(=O)c1ccccc1C(=O)O)c1ccc(Cl)cc1. The van der Waals surface area contributed by atoms with Crippen molar-refractivity contribution in [1.29, 1.82) is 0 Å². The molecule has 106 valence electrons. The average molecular weight is 303 g/mol. The summed E-state index contributed by atoms with van der Waals surface area (Å²) in [5.41, 5.74) is 0.291. The van der Waals surface area contributed by atoms with Gasteiger partial charge in [0.25, 0.3) is 0 Å². The normalized spacial score (nSPS) is 10.1. The highest BCUT2D eigenvalue weighted by atomic mass is 35.5. The fourth-order valence-electron chi connectivity index (χ4n) is 1.89. The van der Waals surface area contributed by atoms with Crippen molar-refractivity contribution < 1.29 is 19.5 Å². The van der Waals surface area contributed by atoms with Crippen LogP contribution in [-0.2, 0) is 0 Å². The second-order valence-corrected chi connectivity index (χ2v) is 4.82. The van der Waals surface area contributed by atoms with Gasteiger partial charge in [0.1, 0.15) is 0 Å². The summed E-state index contributed by atoms with van der Waals surface area (Å²) >= 11 is 5.73. The molecule has 2 aromatic rings. The molecule has 2 rings (SSSR count). The van der Waals surface area contributed by atoms with E-state index >= 15 is 0 Å². The summed E-state index contributed by atoms with van der Waals surface area (Å²) in [6.45, 7) is 0. The van der Waals surface area contributed by atoms with Crippen molar-refractivity contribution in [3.8, 4) is 0 Å². The number of carbonyl (C=O) groups excluding carboxylic acids is 2. The Kier molecular flexibility index (Phi) is 4.50. The van der Waals surface area contributed by atoms with Crippen LogP contribution in [0.25, 0.3) is 0 Å². The Balaban J connectivity index is 2.20. The van der Waals surface area contributed by atoms with Gasteiger partial charge in [0.05, 0.1) is 12.0 Å². The molecule has 0 amide bonds. The topological polar surface area (TPSA) is 71.4 Å². The van der Waals surface area contributed by atoms with E-state index in [0.29, 0.717) is 10.6 Å². The Bertz CT molecular complexity index is 704. The molecular weight excluding hydrogens is 292 g/mol. The number of carbonyl (C=O) groups is 3. The summed E-state index contributed by atoms with van der Waals surface area (Å²) in [5, 5.41) is 9.54. The molecule has 21 heavy (non-hydrogen) atoms. The third kappa shape index (κ3) is 3.55. The Labute approximate surface area is 126 Å². The number of benzene rings is 2. The van der Waals surface area contributed by atoms with E-state index in [1.807, 2.05) is 0 Å². The fraction of sp³-hybridized carbons (Fsp3) is 0.0625. The van der Waals surface area contributed by atoms with Gasteiger partial charge in [-0.1, -0.05) is 29.8 Å². The van der Waals surface area contributed by atoms with Gasteiger partial charge >= 0.3 is 5.97 Å². The van der Waals surface area contributed by atoms with Crippen molar-refractivity contribution in [3.63, 3.8) is 0 Å². The summed E-state index contributed by atoms with van der Waals surface area (Å²) in [6.07, 6.45) is -0.383. The standard InChI is InChI=1S/C16H11ClO4/c17-11-7-5-10(6-8-11)14(18)9-15(19)12-3-1-2-4-13(12)16(20)21/h1-8H,9H2,(H,20,21). The number of aromatic carboxylic acids is 1. The highest BCUT2D eigenvalue weighted by molar-refractivity contribution is 6.30. The van der Waals surface area contributed by atoms with E-state index in [-0.39, 0.29) is 23.3 Å². The van der Waals surface area contributed by atoms with Crippen LogP contribution in [0.1, 0.15) is 37.5 Å². The molecule has 5 heteroatoms. The highest BCUT2D eigenvalue weighted by Gasteiger charge is 2.19. The number of Topliss-reactive ketones (excluding diaryl/α,β-unsaturated/α-hetero) is 2. The second-order valence-electron chi connectivity index (χ2n) is 4.38. The predicted molar refractivity (Wildman–Crippen MR) is 78.1 cm³/mol. The van der Waals surface area contributed by atoms with Gasteiger partial charge in [0.15, 0.2) is 11.6 Å². The van der Waals surface area contributed by atoms with Gasteiger partial charge in [0, 0.05) is 16.1 Å². The van der Waals surface area contributed by atoms with E-state index in [1.165, 1.54) is 30.3 Å². The third-order valence-corrected chi connectivity index (χ3v) is 3.20. The number of carboxylic acid groups (broad SMARTS) is 1. The maximum absolute atomic E-state index is 12.1. The molecular formula is C16H11ClO4. The van der Waals surface area contributed by atoms with E-state index in [2.05, 4.69) is 0 Å². The average Bonchev–Trinajstić information content (AvgIpc) is 2.47. The lowest BCUT2D eigenvalue weighted by atomic mass is 9.98. The lowest BCUT2D eigenvalue weighted by Crippen LogP contribution is -2.12. The molecule has 0 saturated heterocycles. The van der Waals surface area contributed by atoms with Crippen LogP contribution in [0.2, 0.25) is 5.02 Å². The molecule has 1 N–H and O–H groups in total. The van der Waals surface area contributed by atoms with E-state index in [9.17, 15) is 14.4 Å². The van der Waals surface area contributed by atoms with E-state index in [1.54, 1.807) is 18.2 Å². The van der Waals surface area contributed by atoms with E-state index in [0.717, 1.165) is 0 Å². The molecule has 2 aromatic carbocycles. The van der Waals surface area contributed by atoms with Crippen molar-refractivity contribution in [2.75, 3.05) is 0 Å². The minimum absolute atomic E-state index is 0.0345. The van der Waals surface area contributed by atoms with Crippen molar-refractivity contribution in [3.05, 3.63) is 70.2 Å². The molecule has 0 spiro atoms. The molecule has 4 nitrogen and oxygen atoms in total. The zero-order valence-electron chi connectivity index (χ0n) is 10.9. The Morgan fingerprint density at radius 1 is 0.857 bits per heavy atom. The molecule has 0 saturated carbocycles. The second kappa shape index (κ2) is 6.33. The lowest BCUT2D eigenvalue weighted by molar-refractivity contribution is 0.0690. The van der Waals surface area contributed by atoms with Crippen LogP contribution in [0.15, 0.2) is 48.5 Å². The first-order valence-electron chi connectivity index (χ1n) is 6.13. The zero-order chi connectivity index (χ0) is 15.4. The van der Waals surface area contributed by atoms with Crippen LogP contribution in [0.3, 0.4) is 0 Å². The van der Waals surface area contributed by atoms with Crippen LogP contribution in [0.4, 0.5) is 0 Å². The van der Waals surface area contributed by atoms with E-state index < -0.39 is 11.8 Å². The third-order valence-electron chi connectivity index (χ3n) is 2.95. The van der Waals surface area contributed by atoms with Crippen molar-refractivity contribution >= 4 is 29.1 Å². The Hall–Kier alpha value is -2.46. The summed E-state index contributed by atoms with van der Waals surface area (Å²) < 4.78 is 0. The zero-order valence-corrected chi connectivity index (χ0v) is 11.6. The molecule has 0 aliphatic rings. The highest BCUT2D eigenvalue weighted by Crippen LogP contribution is 2.15.